The van der Waals surface area contributed by atoms with Crippen molar-refractivity contribution < 1.29 is 29.4 Å². The molecule has 1 unspecified atom stereocenters. The lowest BCUT2D eigenvalue weighted by molar-refractivity contribution is -0.142. The Morgan fingerprint density at radius 3 is 2.05 bits per heavy atom. The first-order chi connectivity index (χ1) is 8.73. The van der Waals surface area contributed by atoms with Crippen molar-refractivity contribution in [2.24, 2.45) is 11.5 Å². The number of hydrogen-bond donors (Lipinski definition) is 5. The summed E-state index contributed by atoms with van der Waals surface area (Å²) in [7, 11) is 0. The van der Waals surface area contributed by atoms with Crippen molar-refractivity contribution in [3.8, 4) is 0 Å². The quantitative estimate of drug-likeness (QED) is 0.324. The lowest BCUT2D eigenvalue weighted by atomic mass is 10.1. The van der Waals surface area contributed by atoms with Crippen LogP contribution >= 0.6 is 0 Å². The number of nitrogens with two attached hydrogens (primary N) is 2. The molecule has 0 aliphatic rings. The number of rotatable bonds is 9. The molecule has 0 aromatic carbocycles. The molecule has 9 heteroatoms. The molecule has 9 nitrogen and oxygen atoms in total. The van der Waals surface area contributed by atoms with E-state index < -0.39 is 35.8 Å². The maximum atomic E-state index is 11.5. The fourth-order valence-corrected chi connectivity index (χ4v) is 1.23. The van der Waals surface area contributed by atoms with Crippen molar-refractivity contribution >= 4 is 23.8 Å². The Balaban J connectivity index is 4.33. The van der Waals surface area contributed by atoms with Crippen LogP contribution in [-0.2, 0) is 19.2 Å². The van der Waals surface area contributed by atoms with Gasteiger partial charge in [-0.3, -0.25) is 14.4 Å². The predicted molar refractivity (Wildman–Crippen MR) is 62.8 cm³/mol. The van der Waals surface area contributed by atoms with E-state index in [0.717, 1.165) is 0 Å². The van der Waals surface area contributed by atoms with Crippen LogP contribution in [0.25, 0.3) is 0 Å². The van der Waals surface area contributed by atoms with E-state index in [1.807, 2.05) is 0 Å². The largest absolute Gasteiger partial charge is 0.481 e. The number of hydrogen-bond acceptors (Lipinski definition) is 5. The van der Waals surface area contributed by atoms with Gasteiger partial charge in [-0.2, -0.15) is 0 Å². The zero-order valence-corrected chi connectivity index (χ0v) is 10.2. The number of aliphatic carboxylic acids is 2. The maximum absolute atomic E-state index is 11.5. The minimum atomic E-state index is -1.32. The van der Waals surface area contributed by atoms with E-state index in [4.69, 9.17) is 21.7 Å². The van der Waals surface area contributed by atoms with Gasteiger partial charge in [0.2, 0.25) is 11.8 Å². The van der Waals surface area contributed by atoms with Crippen molar-refractivity contribution in [1.29, 1.82) is 0 Å². The molecule has 108 valence electrons. The van der Waals surface area contributed by atoms with E-state index in [9.17, 15) is 19.2 Å². The Bertz CT molecular complexity index is 370. The molecule has 0 saturated heterocycles. The number of amides is 2. The molecule has 0 rings (SSSR count). The van der Waals surface area contributed by atoms with Crippen molar-refractivity contribution in [1.82, 2.24) is 5.32 Å². The second kappa shape index (κ2) is 8.03. The average molecular weight is 275 g/mol. The van der Waals surface area contributed by atoms with Gasteiger partial charge in [0.15, 0.2) is 0 Å². The lowest BCUT2D eigenvalue weighted by Crippen LogP contribution is -2.48. The van der Waals surface area contributed by atoms with Crippen molar-refractivity contribution in [3.63, 3.8) is 0 Å². The first kappa shape index (κ1) is 16.8. The number of nitrogens with one attached hydrogen (secondary N) is 1. The van der Waals surface area contributed by atoms with Gasteiger partial charge in [-0.1, -0.05) is 0 Å². The van der Waals surface area contributed by atoms with Gasteiger partial charge < -0.3 is 27.0 Å². The molecule has 2 atom stereocenters. The highest BCUT2D eigenvalue weighted by Crippen LogP contribution is 2.00. The standard InChI is InChI=1S/C10H17N3O6/c11-5(1-4-8(15)16)9(17)13-6(10(18)19)2-3-7(12)14/h5-6H,1-4,11H2,(H2,12,14)(H,13,17)(H,15,16)(H,18,19)/t5?,6-/m0/s1. The van der Waals surface area contributed by atoms with Crippen LogP contribution in [0.3, 0.4) is 0 Å². The van der Waals surface area contributed by atoms with Gasteiger partial charge >= 0.3 is 11.9 Å². The fourth-order valence-electron chi connectivity index (χ4n) is 1.23. The van der Waals surface area contributed by atoms with Gasteiger partial charge in [-0.05, 0) is 12.8 Å². The number of carboxylic acid groups (broad SMARTS) is 2. The van der Waals surface area contributed by atoms with Crippen LogP contribution in [0, 0.1) is 0 Å². The molecular weight excluding hydrogens is 258 g/mol. The molecule has 19 heavy (non-hydrogen) atoms. The zero-order chi connectivity index (χ0) is 15.0. The van der Waals surface area contributed by atoms with Crippen LogP contribution in [0.15, 0.2) is 0 Å². The summed E-state index contributed by atoms with van der Waals surface area (Å²) in [4.78, 5) is 43.2. The summed E-state index contributed by atoms with van der Waals surface area (Å²) in [5.74, 6) is -3.89. The lowest BCUT2D eigenvalue weighted by Gasteiger charge is -2.16. The number of carboxylic acids is 2. The van der Waals surface area contributed by atoms with E-state index >= 15 is 0 Å². The predicted octanol–water partition coefficient (Wildman–Crippen LogP) is -1.99. The Morgan fingerprint density at radius 2 is 1.63 bits per heavy atom. The van der Waals surface area contributed by atoms with E-state index in [1.54, 1.807) is 0 Å². The van der Waals surface area contributed by atoms with E-state index in [-0.39, 0.29) is 25.7 Å². The molecule has 0 aliphatic carbocycles. The molecule has 0 heterocycles. The second-order valence-electron chi connectivity index (χ2n) is 3.94. The third kappa shape index (κ3) is 7.71. The number of primary amides is 1. The molecule has 0 fully saturated rings. The third-order valence-electron chi connectivity index (χ3n) is 2.30. The molecule has 0 aliphatic heterocycles. The third-order valence-corrected chi connectivity index (χ3v) is 2.30. The molecule has 0 radical (unpaired) electrons. The summed E-state index contributed by atoms with van der Waals surface area (Å²) in [6.07, 6.45) is -0.749. The molecular formula is C10H17N3O6. The van der Waals surface area contributed by atoms with E-state index in [1.165, 1.54) is 0 Å². The highest BCUT2D eigenvalue weighted by atomic mass is 16.4. The normalized spacial score (nSPS) is 13.3. The SMILES string of the molecule is NC(=O)CC[C@H](NC(=O)C(N)CCC(=O)O)C(=O)O. The number of carbonyl (C=O) groups is 4. The van der Waals surface area contributed by atoms with Crippen LogP contribution in [-0.4, -0.2) is 46.0 Å². The summed E-state index contributed by atoms with van der Waals surface area (Å²) < 4.78 is 0. The second-order valence-corrected chi connectivity index (χ2v) is 3.94. The van der Waals surface area contributed by atoms with Crippen LogP contribution in [0.5, 0.6) is 0 Å². The van der Waals surface area contributed by atoms with E-state index in [2.05, 4.69) is 5.32 Å². The molecule has 0 saturated carbocycles. The summed E-state index contributed by atoms with van der Waals surface area (Å²) in [5.41, 5.74) is 10.3. The van der Waals surface area contributed by atoms with Gasteiger partial charge in [0.05, 0.1) is 6.04 Å². The minimum absolute atomic E-state index is 0.108. The molecule has 7 N–H and O–H groups in total. The Morgan fingerprint density at radius 1 is 1.05 bits per heavy atom. The summed E-state index contributed by atoms with van der Waals surface area (Å²) >= 11 is 0. The zero-order valence-electron chi connectivity index (χ0n) is 10.2. The van der Waals surface area contributed by atoms with Crippen LogP contribution < -0.4 is 16.8 Å². The highest BCUT2D eigenvalue weighted by molar-refractivity contribution is 5.87. The summed E-state index contributed by atoms with van der Waals surface area (Å²) in [6.45, 7) is 0. The van der Waals surface area contributed by atoms with Crippen molar-refractivity contribution in [2.45, 2.75) is 37.8 Å². The van der Waals surface area contributed by atoms with Crippen molar-refractivity contribution in [2.75, 3.05) is 0 Å². The number of carbonyl (C=O) groups excluding carboxylic acids is 2. The van der Waals surface area contributed by atoms with Crippen molar-refractivity contribution in [3.05, 3.63) is 0 Å². The van der Waals surface area contributed by atoms with Gasteiger partial charge in [0.1, 0.15) is 6.04 Å². The first-order valence-electron chi connectivity index (χ1n) is 5.53. The maximum Gasteiger partial charge on any atom is 0.326 e. The Kier molecular flexibility index (Phi) is 7.12. The van der Waals surface area contributed by atoms with Gasteiger partial charge in [0.25, 0.3) is 0 Å². The van der Waals surface area contributed by atoms with Crippen LogP contribution in [0.2, 0.25) is 0 Å². The molecule has 0 aromatic rings. The Hall–Kier alpha value is -2.16. The molecule has 0 bridgehead atoms. The smallest absolute Gasteiger partial charge is 0.326 e. The first-order valence-corrected chi connectivity index (χ1v) is 5.53. The summed E-state index contributed by atoms with van der Waals surface area (Å²) in [5, 5.41) is 19.4. The van der Waals surface area contributed by atoms with Crippen LogP contribution in [0.4, 0.5) is 0 Å². The molecule has 0 spiro atoms. The fraction of sp³-hybridized carbons (Fsp3) is 0.600. The molecule has 2 amide bonds. The topological polar surface area (TPSA) is 173 Å². The van der Waals surface area contributed by atoms with Gasteiger partial charge in [-0.25, -0.2) is 4.79 Å². The molecule has 0 aromatic heterocycles. The van der Waals surface area contributed by atoms with Gasteiger partial charge in [-0.15, -0.1) is 0 Å². The van der Waals surface area contributed by atoms with E-state index in [0.29, 0.717) is 0 Å². The summed E-state index contributed by atoms with van der Waals surface area (Å²) in [6, 6.07) is -2.40. The van der Waals surface area contributed by atoms with Gasteiger partial charge in [0, 0.05) is 12.8 Å². The Labute approximate surface area is 108 Å². The average Bonchev–Trinajstić information content (AvgIpc) is 2.30. The highest BCUT2D eigenvalue weighted by Gasteiger charge is 2.23. The minimum Gasteiger partial charge on any atom is -0.481 e. The van der Waals surface area contributed by atoms with Crippen LogP contribution in [0.1, 0.15) is 25.7 Å². The monoisotopic (exact) mass is 275 g/mol.